The van der Waals surface area contributed by atoms with Gasteiger partial charge in [-0.25, -0.2) is 0 Å². The van der Waals surface area contributed by atoms with E-state index >= 15 is 0 Å². The Labute approximate surface area is 89.1 Å². The lowest BCUT2D eigenvalue weighted by Gasteiger charge is -2.16. The van der Waals surface area contributed by atoms with Crippen molar-refractivity contribution < 1.29 is 19.1 Å². The molecule has 1 fully saturated rings. The van der Waals surface area contributed by atoms with Gasteiger partial charge in [0.15, 0.2) is 0 Å². The second-order valence-electron chi connectivity index (χ2n) is 3.33. The summed E-state index contributed by atoms with van der Waals surface area (Å²) in [5.41, 5.74) is 0. The second-order valence-corrected chi connectivity index (χ2v) is 3.33. The Hall–Kier alpha value is -1.10. The van der Waals surface area contributed by atoms with Crippen LogP contribution in [-0.4, -0.2) is 37.7 Å². The van der Waals surface area contributed by atoms with Crippen molar-refractivity contribution in [3.05, 3.63) is 0 Å². The van der Waals surface area contributed by atoms with Crippen LogP contribution in [0.3, 0.4) is 0 Å². The number of rotatable bonds is 4. The first kappa shape index (κ1) is 12.0. The maximum absolute atomic E-state index is 11.5. The Morgan fingerprint density at radius 1 is 1.20 bits per heavy atom. The van der Waals surface area contributed by atoms with Gasteiger partial charge in [0.25, 0.3) is 0 Å². The van der Waals surface area contributed by atoms with Crippen LogP contribution in [0.4, 0.5) is 0 Å². The highest BCUT2D eigenvalue weighted by Crippen LogP contribution is 2.18. The van der Waals surface area contributed by atoms with Gasteiger partial charge < -0.3 is 14.8 Å². The molecule has 0 aromatic carbocycles. The maximum atomic E-state index is 11.5. The van der Waals surface area contributed by atoms with Gasteiger partial charge in [-0.05, 0) is 26.8 Å². The second kappa shape index (κ2) is 5.70. The van der Waals surface area contributed by atoms with Crippen LogP contribution in [0.1, 0.15) is 20.3 Å². The number of esters is 2. The van der Waals surface area contributed by atoms with Crippen LogP contribution in [0.2, 0.25) is 0 Å². The van der Waals surface area contributed by atoms with Crippen LogP contribution in [0.5, 0.6) is 0 Å². The lowest BCUT2D eigenvalue weighted by molar-refractivity contribution is -0.155. The van der Waals surface area contributed by atoms with E-state index in [1.807, 2.05) is 0 Å². The van der Waals surface area contributed by atoms with E-state index in [0.717, 1.165) is 0 Å². The van der Waals surface area contributed by atoms with Crippen LogP contribution in [0.25, 0.3) is 0 Å². The normalized spacial score (nSPS) is 24.9. The first-order valence-electron chi connectivity index (χ1n) is 5.27. The smallest absolute Gasteiger partial charge is 0.324 e. The zero-order valence-electron chi connectivity index (χ0n) is 9.12. The average molecular weight is 215 g/mol. The molecule has 0 unspecified atom stereocenters. The summed E-state index contributed by atoms with van der Waals surface area (Å²) in [7, 11) is 0. The minimum absolute atomic E-state index is 0.319. The summed E-state index contributed by atoms with van der Waals surface area (Å²) in [4.78, 5) is 23.0. The van der Waals surface area contributed by atoms with Crippen molar-refractivity contribution in [1.29, 1.82) is 0 Å². The molecule has 0 aromatic heterocycles. The third-order valence-electron chi connectivity index (χ3n) is 2.35. The van der Waals surface area contributed by atoms with E-state index in [0.29, 0.717) is 26.2 Å². The van der Waals surface area contributed by atoms with Crippen molar-refractivity contribution in [2.24, 2.45) is 5.92 Å². The van der Waals surface area contributed by atoms with Gasteiger partial charge >= 0.3 is 11.9 Å². The van der Waals surface area contributed by atoms with E-state index in [-0.39, 0.29) is 11.9 Å². The molecule has 0 amide bonds. The molecule has 5 heteroatoms. The zero-order chi connectivity index (χ0) is 11.3. The molecular weight excluding hydrogens is 198 g/mol. The molecule has 1 rings (SSSR count). The van der Waals surface area contributed by atoms with E-state index in [9.17, 15) is 9.59 Å². The Kier molecular flexibility index (Phi) is 4.55. The van der Waals surface area contributed by atoms with Gasteiger partial charge in [0.2, 0.25) is 0 Å². The number of hydrogen-bond donors (Lipinski definition) is 1. The standard InChI is InChI=1S/C10H17NO4/c1-3-14-9(12)7-5-6-11-8(7)10(13)15-4-2/h7-8,11H,3-6H2,1-2H3/t7-,8+/m1/s1. The molecule has 2 atom stereocenters. The van der Waals surface area contributed by atoms with Gasteiger partial charge in [0.1, 0.15) is 6.04 Å². The van der Waals surface area contributed by atoms with Crippen molar-refractivity contribution in [1.82, 2.24) is 5.32 Å². The molecule has 1 saturated heterocycles. The lowest BCUT2D eigenvalue weighted by atomic mass is 10.0. The number of nitrogens with one attached hydrogen (secondary N) is 1. The molecule has 1 aliphatic rings. The summed E-state index contributed by atoms with van der Waals surface area (Å²) in [6, 6.07) is -0.538. The molecule has 0 bridgehead atoms. The highest BCUT2D eigenvalue weighted by molar-refractivity contribution is 5.85. The van der Waals surface area contributed by atoms with Crippen LogP contribution in [0, 0.1) is 5.92 Å². The topological polar surface area (TPSA) is 64.6 Å². The molecule has 0 aliphatic carbocycles. The van der Waals surface area contributed by atoms with Crippen LogP contribution in [0.15, 0.2) is 0 Å². The zero-order valence-corrected chi connectivity index (χ0v) is 9.12. The molecule has 0 aromatic rings. The number of carbonyl (C=O) groups is 2. The Bertz CT molecular complexity index is 218. The van der Waals surface area contributed by atoms with Crippen molar-refractivity contribution in [3.8, 4) is 0 Å². The first-order chi connectivity index (χ1) is 7.20. The summed E-state index contributed by atoms with van der Waals surface area (Å²) in [5, 5.41) is 2.96. The van der Waals surface area contributed by atoms with E-state index < -0.39 is 12.0 Å². The van der Waals surface area contributed by atoms with E-state index in [2.05, 4.69) is 5.32 Å². The van der Waals surface area contributed by atoms with Crippen LogP contribution >= 0.6 is 0 Å². The summed E-state index contributed by atoms with van der Waals surface area (Å²) in [6.45, 7) is 4.80. The van der Waals surface area contributed by atoms with Crippen molar-refractivity contribution >= 4 is 11.9 Å². The summed E-state index contributed by atoms with van der Waals surface area (Å²) in [5.74, 6) is -1.09. The predicted molar refractivity (Wildman–Crippen MR) is 53.2 cm³/mol. The van der Waals surface area contributed by atoms with Gasteiger partial charge in [-0.15, -0.1) is 0 Å². The largest absolute Gasteiger partial charge is 0.466 e. The number of hydrogen-bond acceptors (Lipinski definition) is 5. The number of carbonyl (C=O) groups excluding carboxylic acids is 2. The van der Waals surface area contributed by atoms with Crippen LogP contribution in [-0.2, 0) is 19.1 Å². The predicted octanol–water partition coefficient (Wildman–Crippen LogP) is 0.0907. The van der Waals surface area contributed by atoms with Crippen molar-refractivity contribution in [2.45, 2.75) is 26.3 Å². The van der Waals surface area contributed by atoms with Gasteiger partial charge in [0, 0.05) is 0 Å². The van der Waals surface area contributed by atoms with Gasteiger partial charge in [-0.1, -0.05) is 0 Å². The third-order valence-corrected chi connectivity index (χ3v) is 2.35. The highest BCUT2D eigenvalue weighted by Gasteiger charge is 2.39. The van der Waals surface area contributed by atoms with Crippen molar-refractivity contribution in [3.63, 3.8) is 0 Å². The van der Waals surface area contributed by atoms with Gasteiger partial charge in [0.05, 0.1) is 19.1 Å². The molecule has 5 nitrogen and oxygen atoms in total. The SMILES string of the molecule is CCOC(=O)[C@H]1NCC[C@H]1C(=O)OCC. The van der Waals surface area contributed by atoms with E-state index in [4.69, 9.17) is 9.47 Å². The van der Waals surface area contributed by atoms with Crippen molar-refractivity contribution in [2.75, 3.05) is 19.8 Å². The molecule has 15 heavy (non-hydrogen) atoms. The fourth-order valence-electron chi connectivity index (χ4n) is 1.69. The monoisotopic (exact) mass is 215 g/mol. The summed E-state index contributed by atoms with van der Waals surface area (Å²) < 4.78 is 9.77. The van der Waals surface area contributed by atoms with Gasteiger partial charge in [-0.2, -0.15) is 0 Å². The van der Waals surface area contributed by atoms with E-state index in [1.165, 1.54) is 0 Å². The molecule has 0 spiro atoms. The molecule has 0 saturated carbocycles. The Morgan fingerprint density at radius 3 is 2.40 bits per heavy atom. The first-order valence-corrected chi connectivity index (χ1v) is 5.27. The molecule has 1 heterocycles. The molecule has 1 aliphatic heterocycles. The minimum Gasteiger partial charge on any atom is -0.466 e. The Balaban J connectivity index is 2.56. The van der Waals surface area contributed by atoms with Gasteiger partial charge in [-0.3, -0.25) is 9.59 Å². The maximum Gasteiger partial charge on any atom is 0.324 e. The lowest BCUT2D eigenvalue weighted by Crippen LogP contribution is -2.40. The fourth-order valence-corrected chi connectivity index (χ4v) is 1.69. The number of ether oxygens (including phenoxy) is 2. The Morgan fingerprint density at radius 2 is 1.80 bits per heavy atom. The third kappa shape index (κ3) is 2.92. The van der Waals surface area contributed by atoms with E-state index in [1.54, 1.807) is 13.8 Å². The minimum atomic E-state index is -0.538. The molecule has 1 N–H and O–H groups in total. The molecule has 86 valence electrons. The average Bonchev–Trinajstić information content (AvgIpc) is 2.66. The highest BCUT2D eigenvalue weighted by atomic mass is 16.5. The quantitative estimate of drug-likeness (QED) is 0.673. The molecular formula is C10H17NO4. The fraction of sp³-hybridized carbons (Fsp3) is 0.800. The van der Waals surface area contributed by atoms with Crippen LogP contribution < -0.4 is 5.32 Å². The molecule has 0 radical (unpaired) electrons. The summed E-state index contributed by atoms with van der Waals surface area (Å²) in [6.07, 6.45) is 0.627. The summed E-state index contributed by atoms with van der Waals surface area (Å²) >= 11 is 0.